The molecule has 3 nitrogen and oxygen atoms in total. The van der Waals surface area contributed by atoms with Gasteiger partial charge in [0.15, 0.2) is 0 Å². The summed E-state index contributed by atoms with van der Waals surface area (Å²) in [6, 6.07) is 0. The number of nitrogens with one attached hydrogen (secondary N) is 1. The Kier molecular flexibility index (Phi) is 3.20. The first kappa shape index (κ1) is 11.5. The second kappa shape index (κ2) is 3.89. The minimum atomic E-state index is -0.321. The molecule has 0 radical (unpaired) electrons. The lowest BCUT2D eigenvalue weighted by Crippen LogP contribution is -2.68. The van der Waals surface area contributed by atoms with Crippen LogP contribution < -0.4 is 5.32 Å². The molecular weight excluding hydrogens is 176 g/mol. The molecule has 0 atom stereocenters. The summed E-state index contributed by atoms with van der Waals surface area (Å²) in [7, 11) is 2.05. The zero-order chi connectivity index (χ0) is 10.9. The van der Waals surface area contributed by atoms with Crippen LogP contribution in [-0.4, -0.2) is 36.5 Å². The molecule has 1 heterocycles. The molecule has 1 fully saturated rings. The van der Waals surface area contributed by atoms with Gasteiger partial charge in [0.1, 0.15) is 5.54 Å². The van der Waals surface area contributed by atoms with E-state index in [2.05, 4.69) is 45.0 Å². The van der Waals surface area contributed by atoms with Crippen LogP contribution in [0.5, 0.6) is 0 Å². The minimum absolute atomic E-state index is 0.191. The molecule has 1 amide bonds. The van der Waals surface area contributed by atoms with Gasteiger partial charge < -0.3 is 5.32 Å². The number of amides is 1. The third-order valence-electron chi connectivity index (χ3n) is 3.49. The molecule has 1 aliphatic rings. The molecule has 0 saturated carbocycles. The van der Waals surface area contributed by atoms with Crippen LogP contribution in [-0.2, 0) is 4.79 Å². The van der Waals surface area contributed by atoms with E-state index in [1.165, 1.54) is 0 Å². The van der Waals surface area contributed by atoms with Gasteiger partial charge in [-0.1, -0.05) is 27.7 Å². The highest BCUT2D eigenvalue weighted by Crippen LogP contribution is 2.33. The number of hydrogen-bond donors (Lipinski definition) is 1. The zero-order valence-corrected chi connectivity index (χ0v) is 9.92. The van der Waals surface area contributed by atoms with Crippen molar-refractivity contribution in [1.29, 1.82) is 0 Å². The smallest absolute Gasteiger partial charge is 0.241 e. The monoisotopic (exact) mass is 198 g/mol. The molecule has 14 heavy (non-hydrogen) atoms. The number of rotatable bonds is 2. The summed E-state index contributed by atoms with van der Waals surface area (Å²) < 4.78 is 0. The van der Waals surface area contributed by atoms with Crippen molar-refractivity contribution in [3.63, 3.8) is 0 Å². The Hall–Kier alpha value is -0.570. The van der Waals surface area contributed by atoms with Gasteiger partial charge in [-0.2, -0.15) is 0 Å². The minimum Gasteiger partial charge on any atom is -0.353 e. The summed E-state index contributed by atoms with van der Waals surface area (Å²) >= 11 is 0. The molecular formula is C11H22N2O. The maximum atomic E-state index is 12.1. The fourth-order valence-corrected chi connectivity index (χ4v) is 2.91. The molecule has 0 aliphatic carbocycles. The van der Waals surface area contributed by atoms with E-state index in [0.29, 0.717) is 11.8 Å². The van der Waals surface area contributed by atoms with Crippen LogP contribution in [0.2, 0.25) is 0 Å². The molecule has 0 aromatic rings. The first-order chi connectivity index (χ1) is 6.44. The van der Waals surface area contributed by atoms with Gasteiger partial charge >= 0.3 is 0 Å². The lowest BCUT2D eigenvalue weighted by Gasteiger charge is -2.49. The summed E-state index contributed by atoms with van der Waals surface area (Å²) in [5.41, 5.74) is -0.321. The highest BCUT2D eigenvalue weighted by molar-refractivity contribution is 5.87. The van der Waals surface area contributed by atoms with Gasteiger partial charge in [-0.15, -0.1) is 0 Å². The number of hydrogen-bond acceptors (Lipinski definition) is 2. The van der Waals surface area contributed by atoms with Gasteiger partial charge in [-0.05, 0) is 18.9 Å². The standard InChI is InChI=1S/C11H22N2O/c1-8(2)11(9(3)4)10(14)12-6-7-13(11)5/h8-9H,6-7H2,1-5H3,(H,12,14). The van der Waals surface area contributed by atoms with Crippen LogP contribution in [0.4, 0.5) is 0 Å². The average Bonchev–Trinajstić information content (AvgIpc) is 2.02. The highest BCUT2D eigenvalue weighted by Gasteiger charge is 2.49. The fraction of sp³-hybridized carbons (Fsp3) is 0.909. The van der Waals surface area contributed by atoms with Crippen LogP contribution in [0.25, 0.3) is 0 Å². The SMILES string of the molecule is CC(C)C1(C(C)C)C(=O)NCCN1C. The molecule has 0 unspecified atom stereocenters. The molecule has 0 bridgehead atoms. The van der Waals surface area contributed by atoms with E-state index < -0.39 is 0 Å². The Bertz CT molecular complexity index is 215. The van der Waals surface area contributed by atoms with Gasteiger partial charge in [-0.3, -0.25) is 9.69 Å². The highest BCUT2D eigenvalue weighted by atomic mass is 16.2. The van der Waals surface area contributed by atoms with Gasteiger partial charge in [-0.25, -0.2) is 0 Å². The molecule has 0 spiro atoms. The normalized spacial score (nSPS) is 22.9. The zero-order valence-electron chi connectivity index (χ0n) is 9.92. The van der Waals surface area contributed by atoms with Crippen molar-refractivity contribution in [3.05, 3.63) is 0 Å². The van der Waals surface area contributed by atoms with Crippen LogP contribution in [0.15, 0.2) is 0 Å². The molecule has 82 valence electrons. The Morgan fingerprint density at radius 1 is 1.29 bits per heavy atom. The largest absolute Gasteiger partial charge is 0.353 e. The quantitative estimate of drug-likeness (QED) is 0.720. The van der Waals surface area contributed by atoms with E-state index in [0.717, 1.165) is 13.1 Å². The second-order valence-electron chi connectivity index (χ2n) is 4.81. The van der Waals surface area contributed by atoms with E-state index in [-0.39, 0.29) is 11.4 Å². The van der Waals surface area contributed by atoms with Crippen molar-refractivity contribution in [2.75, 3.05) is 20.1 Å². The fourth-order valence-electron chi connectivity index (χ4n) is 2.91. The van der Waals surface area contributed by atoms with Crippen molar-refractivity contribution in [1.82, 2.24) is 10.2 Å². The second-order valence-corrected chi connectivity index (χ2v) is 4.81. The Labute approximate surface area is 86.9 Å². The summed E-state index contributed by atoms with van der Waals surface area (Å²) in [5, 5.41) is 2.99. The first-order valence-electron chi connectivity index (χ1n) is 5.43. The van der Waals surface area contributed by atoms with Crippen molar-refractivity contribution in [2.45, 2.75) is 33.2 Å². The maximum absolute atomic E-state index is 12.1. The predicted octanol–water partition coefficient (Wildman–Crippen LogP) is 1.10. The predicted molar refractivity (Wildman–Crippen MR) is 58.0 cm³/mol. The van der Waals surface area contributed by atoms with Gasteiger partial charge in [0, 0.05) is 13.1 Å². The third-order valence-corrected chi connectivity index (χ3v) is 3.49. The lowest BCUT2D eigenvalue weighted by atomic mass is 9.74. The number of carbonyl (C=O) groups excluding carboxylic acids is 1. The Morgan fingerprint density at radius 2 is 1.79 bits per heavy atom. The maximum Gasteiger partial charge on any atom is 0.241 e. The van der Waals surface area contributed by atoms with E-state index in [4.69, 9.17) is 0 Å². The average molecular weight is 198 g/mol. The van der Waals surface area contributed by atoms with Gasteiger partial charge in [0.2, 0.25) is 5.91 Å². The molecule has 1 rings (SSSR count). The van der Waals surface area contributed by atoms with Gasteiger partial charge in [0.05, 0.1) is 0 Å². The van der Waals surface area contributed by atoms with Gasteiger partial charge in [0.25, 0.3) is 0 Å². The molecule has 1 saturated heterocycles. The molecule has 3 heteroatoms. The number of nitrogens with zero attached hydrogens (tertiary/aromatic N) is 1. The van der Waals surface area contributed by atoms with Crippen LogP contribution in [0, 0.1) is 11.8 Å². The number of likely N-dealkylation sites (N-methyl/N-ethyl adjacent to an activating group) is 1. The first-order valence-corrected chi connectivity index (χ1v) is 5.43. The van der Waals surface area contributed by atoms with E-state index in [1.54, 1.807) is 0 Å². The van der Waals surface area contributed by atoms with Crippen molar-refractivity contribution in [2.24, 2.45) is 11.8 Å². The van der Waals surface area contributed by atoms with Crippen molar-refractivity contribution >= 4 is 5.91 Å². The van der Waals surface area contributed by atoms with E-state index in [9.17, 15) is 4.79 Å². The lowest BCUT2D eigenvalue weighted by molar-refractivity contribution is -0.143. The van der Waals surface area contributed by atoms with Crippen molar-refractivity contribution in [3.8, 4) is 0 Å². The topological polar surface area (TPSA) is 32.3 Å². The van der Waals surface area contributed by atoms with Crippen molar-refractivity contribution < 1.29 is 4.79 Å². The Morgan fingerprint density at radius 3 is 2.07 bits per heavy atom. The number of carbonyl (C=O) groups is 1. The van der Waals surface area contributed by atoms with E-state index in [1.807, 2.05) is 0 Å². The summed E-state index contributed by atoms with van der Waals surface area (Å²) in [5.74, 6) is 0.872. The summed E-state index contributed by atoms with van der Waals surface area (Å²) in [6.07, 6.45) is 0. The molecule has 0 aromatic carbocycles. The summed E-state index contributed by atoms with van der Waals surface area (Å²) in [6.45, 7) is 10.2. The van der Waals surface area contributed by atoms with Crippen LogP contribution in [0.3, 0.4) is 0 Å². The Balaban J connectivity index is 3.08. The molecule has 1 N–H and O–H groups in total. The number of piperazine rings is 1. The van der Waals surface area contributed by atoms with Crippen LogP contribution >= 0.6 is 0 Å². The third kappa shape index (κ3) is 1.44. The van der Waals surface area contributed by atoms with Crippen LogP contribution in [0.1, 0.15) is 27.7 Å². The molecule has 0 aromatic heterocycles. The molecule has 1 aliphatic heterocycles. The van der Waals surface area contributed by atoms with E-state index >= 15 is 0 Å². The summed E-state index contributed by atoms with van der Waals surface area (Å²) in [4.78, 5) is 14.3.